The van der Waals surface area contributed by atoms with E-state index in [-0.39, 0.29) is 49.4 Å². The van der Waals surface area contributed by atoms with Crippen molar-refractivity contribution < 1.29 is 18.3 Å². The molecular weight excluding hydrogens is 388 g/mol. The zero-order valence-electron chi connectivity index (χ0n) is 16.7. The number of hydrogen-bond acceptors (Lipinski definition) is 4. The summed E-state index contributed by atoms with van der Waals surface area (Å²) in [6.45, 7) is 3.67. The van der Waals surface area contributed by atoms with Gasteiger partial charge >= 0.3 is 0 Å². The minimum absolute atomic E-state index is 0.0216. The molecule has 0 aromatic heterocycles. The fourth-order valence-electron chi connectivity index (χ4n) is 4.65. The second-order valence-corrected chi connectivity index (χ2v) is 10.0. The van der Waals surface area contributed by atoms with Crippen LogP contribution in [0.3, 0.4) is 0 Å². The summed E-state index contributed by atoms with van der Waals surface area (Å²) in [7, 11) is -3.43. The smallest absolute Gasteiger partial charge is 0.238 e. The molecule has 1 N–H and O–H groups in total. The number of sulfonamides is 1. The second kappa shape index (κ2) is 7.55. The zero-order valence-corrected chi connectivity index (χ0v) is 17.5. The first-order valence-corrected chi connectivity index (χ1v) is 11.5. The van der Waals surface area contributed by atoms with Crippen LogP contribution in [0, 0.1) is 6.92 Å². The molecule has 7 heteroatoms. The van der Waals surface area contributed by atoms with Gasteiger partial charge in [0.05, 0.1) is 31.0 Å². The third-order valence-electron chi connectivity index (χ3n) is 6.23. The van der Waals surface area contributed by atoms with Crippen LogP contribution in [0.5, 0.6) is 0 Å². The Balaban J connectivity index is 1.62. The minimum Gasteiger partial charge on any atom is -0.394 e. The van der Waals surface area contributed by atoms with Gasteiger partial charge in [-0.05, 0) is 36.1 Å². The molecule has 2 heterocycles. The Labute approximate surface area is 171 Å². The number of aryl methyl sites for hydroxylation is 1. The summed E-state index contributed by atoms with van der Waals surface area (Å²) in [5.41, 5.74) is 4.49. The van der Waals surface area contributed by atoms with Crippen molar-refractivity contribution in [3.8, 4) is 11.1 Å². The van der Waals surface area contributed by atoms with Crippen molar-refractivity contribution >= 4 is 15.9 Å². The molecule has 1 amide bonds. The zero-order chi connectivity index (χ0) is 20.8. The van der Waals surface area contributed by atoms with Crippen molar-refractivity contribution in [1.82, 2.24) is 9.21 Å². The van der Waals surface area contributed by atoms with Crippen LogP contribution in [0.4, 0.5) is 0 Å². The molecule has 0 saturated carbocycles. The standard InChI is InChI=1S/C22H26N2O4S/c1-3-29(27,28)23-12-19-22(20(14-25)24(19)21(26)13-23)17-10-8-16(9-11-17)18-7-5-4-6-15(18)2/h4-11,19-20,22,25H,3,12-14H2,1-2H3/t19-,20-,22+/m0/s1. The Hall–Kier alpha value is -2.22. The summed E-state index contributed by atoms with van der Waals surface area (Å²) < 4.78 is 25.9. The number of hydrogen-bond donors (Lipinski definition) is 1. The highest BCUT2D eigenvalue weighted by atomic mass is 32.2. The number of carbonyl (C=O) groups excluding carboxylic acids is 1. The minimum atomic E-state index is -3.43. The van der Waals surface area contributed by atoms with Crippen LogP contribution in [0.1, 0.15) is 24.0 Å². The summed E-state index contributed by atoms with van der Waals surface area (Å²) in [6.07, 6.45) is 0. The van der Waals surface area contributed by atoms with E-state index >= 15 is 0 Å². The SMILES string of the molecule is CCS(=O)(=O)N1CC(=O)N2[C@@H](CO)[C@H](c3ccc(-c4ccccc4C)cc3)[C@@H]2C1. The average molecular weight is 415 g/mol. The molecule has 3 atom stereocenters. The maximum Gasteiger partial charge on any atom is 0.238 e. The maximum absolute atomic E-state index is 12.6. The van der Waals surface area contributed by atoms with E-state index in [0.29, 0.717) is 0 Å². The highest BCUT2D eigenvalue weighted by Crippen LogP contribution is 2.43. The van der Waals surface area contributed by atoms with Gasteiger partial charge in [-0.15, -0.1) is 0 Å². The Morgan fingerprint density at radius 2 is 1.79 bits per heavy atom. The topological polar surface area (TPSA) is 77.9 Å². The van der Waals surface area contributed by atoms with Gasteiger partial charge in [-0.3, -0.25) is 4.79 Å². The predicted molar refractivity (Wildman–Crippen MR) is 112 cm³/mol. The molecule has 0 unspecified atom stereocenters. The quantitative estimate of drug-likeness (QED) is 0.812. The molecule has 2 fully saturated rings. The van der Waals surface area contributed by atoms with Crippen LogP contribution < -0.4 is 0 Å². The number of fused-ring (bicyclic) bond motifs is 1. The molecule has 2 aliphatic heterocycles. The predicted octanol–water partition coefficient (Wildman–Crippen LogP) is 1.98. The van der Waals surface area contributed by atoms with Gasteiger partial charge in [-0.2, -0.15) is 4.31 Å². The third-order valence-corrected chi connectivity index (χ3v) is 8.03. The van der Waals surface area contributed by atoms with Crippen molar-refractivity contribution in [1.29, 1.82) is 0 Å². The fraction of sp³-hybridized carbons (Fsp3) is 0.409. The van der Waals surface area contributed by atoms with Crippen LogP contribution in [-0.4, -0.2) is 66.2 Å². The Kier molecular flexibility index (Phi) is 5.23. The number of rotatable bonds is 5. The Morgan fingerprint density at radius 3 is 2.41 bits per heavy atom. The van der Waals surface area contributed by atoms with Gasteiger partial charge in [0, 0.05) is 12.5 Å². The molecule has 0 aliphatic carbocycles. The number of benzene rings is 2. The largest absolute Gasteiger partial charge is 0.394 e. The third kappa shape index (κ3) is 3.37. The van der Waals surface area contributed by atoms with Crippen molar-refractivity contribution in [3.63, 3.8) is 0 Å². The van der Waals surface area contributed by atoms with E-state index in [0.717, 1.165) is 11.1 Å². The van der Waals surface area contributed by atoms with Gasteiger partial charge in [0.2, 0.25) is 15.9 Å². The molecule has 154 valence electrons. The molecular formula is C22H26N2O4S. The van der Waals surface area contributed by atoms with Gasteiger partial charge in [0.15, 0.2) is 0 Å². The summed E-state index contributed by atoms with van der Waals surface area (Å²) in [5.74, 6) is -0.332. The van der Waals surface area contributed by atoms with Crippen molar-refractivity contribution in [2.45, 2.75) is 31.8 Å². The molecule has 2 aromatic rings. The molecule has 0 spiro atoms. The number of nitrogens with zero attached hydrogens (tertiary/aromatic N) is 2. The van der Waals surface area contributed by atoms with Crippen LogP contribution >= 0.6 is 0 Å². The van der Waals surface area contributed by atoms with E-state index in [2.05, 4.69) is 31.2 Å². The molecule has 6 nitrogen and oxygen atoms in total. The van der Waals surface area contributed by atoms with Crippen LogP contribution in [0.2, 0.25) is 0 Å². The molecule has 29 heavy (non-hydrogen) atoms. The molecule has 2 saturated heterocycles. The first kappa shape index (κ1) is 20.1. The first-order chi connectivity index (χ1) is 13.9. The second-order valence-electron chi connectivity index (χ2n) is 7.77. The van der Waals surface area contributed by atoms with Crippen LogP contribution in [-0.2, 0) is 14.8 Å². The van der Waals surface area contributed by atoms with E-state index in [1.54, 1.807) is 11.8 Å². The number of carbonyl (C=O) groups is 1. The highest BCUT2D eigenvalue weighted by molar-refractivity contribution is 7.89. The van der Waals surface area contributed by atoms with Crippen molar-refractivity contribution in [2.24, 2.45) is 0 Å². The molecule has 2 aromatic carbocycles. The lowest BCUT2D eigenvalue weighted by atomic mass is 9.74. The van der Waals surface area contributed by atoms with Crippen LogP contribution in [0.25, 0.3) is 11.1 Å². The number of aliphatic hydroxyl groups is 1. The van der Waals surface area contributed by atoms with Gasteiger partial charge < -0.3 is 10.0 Å². The summed E-state index contributed by atoms with van der Waals surface area (Å²) >= 11 is 0. The summed E-state index contributed by atoms with van der Waals surface area (Å²) in [6, 6.07) is 15.8. The Bertz CT molecular complexity index is 1020. The molecule has 2 aliphatic rings. The van der Waals surface area contributed by atoms with E-state index in [1.807, 2.05) is 24.3 Å². The van der Waals surface area contributed by atoms with Crippen LogP contribution in [0.15, 0.2) is 48.5 Å². The molecule has 4 rings (SSSR count). The fourth-order valence-corrected chi connectivity index (χ4v) is 5.70. The van der Waals surface area contributed by atoms with Crippen molar-refractivity contribution in [3.05, 3.63) is 59.7 Å². The maximum atomic E-state index is 12.6. The van der Waals surface area contributed by atoms with E-state index in [4.69, 9.17) is 0 Å². The Morgan fingerprint density at radius 1 is 1.10 bits per heavy atom. The summed E-state index contributed by atoms with van der Waals surface area (Å²) in [4.78, 5) is 14.2. The lowest BCUT2D eigenvalue weighted by Crippen LogP contribution is -2.73. The van der Waals surface area contributed by atoms with Gasteiger partial charge in [-0.1, -0.05) is 48.5 Å². The monoisotopic (exact) mass is 414 g/mol. The normalized spacial score (nSPS) is 24.9. The summed E-state index contributed by atoms with van der Waals surface area (Å²) in [5, 5.41) is 9.89. The van der Waals surface area contributed by atoms with E-state index in [9.17, 15) is 18.3 Å². The molecule has 0 bridgehead atoms. The molecule has 0 radical (unpaired) electrons. The average Bonchev–Trinajstić information content (AvgIpc) is 2.70. The first-order valence-electron chi connectivity index (χ1n) is 9.93. The number of aliphatic hydroxyl groups excluding tert-OH is 1. The lowest BCUT2D eigenvalue weighted by molar-refractivity contribution is -0.158. The highest BCUT2D eigenvalue weighted by Gasteiger charge is 2.55. The number of amides is 1. The number of piperazine rings is 1. The lowest BCUT2D eigenvalue weighted by Gasteiger charge is -2.58. The van der Waals surface area contributed by atoms with E-state index < -0.39 is 10.0 Å². The van der Waals surface area contributed by atoms with Gasteiger partial charge in [-0.25, -0.2) is 8.42 Å². The van der Waals surface area contributed by atoms with E-state index in [1.165, 1.54) is 15.4 Å². The van der Waals surface area contributed by atoms with Gasteiger partial charge in [0.1, 0.15) is 0 Å². The van der Waals surface area contributed by atoms with Crippen molar-refractivity contribution in [2.75, 3.05) is 25.4 Å². The van der Waals surface area contributed by atoms with Gasteiger partial charge in [0.25, 0.3) is 0 Å².